The van der Waals surface area contributed by atoms with Gasteiger partial charge in [-0.05, 0) is 60.5 Å². The molecule has 5 heteroatoms. The molecule has 3 aromatic carbocycles. The highest BCUT2D eigenvalue weighted by Gasteiger charge is 2.27. The predicted molar refractivity (Wildman–Crippen MR) is 114 cm³/mol. The Bertz CT molecular complexity index is 1070. The van der Waals surface area contributed by atoms with Gasteiger partial charge in [0.05, 0.1) is 19.3 Å². The zero-order valence-electron chi connectivity index (χ0n) is 16.9. The van der Waals surface area contributed by atoms with E-state index >= 15 is 0 Å². The Morgan fingerprint density at radius 2 is 1.57 bits per heavy atom. The minimum Gasteiger partial charge on any atom is -0.497 e. The fourth-order valence-corrected chi connectivity index (χ4v) is 3.12. The van der Waals surface area contributed by atoms with E-state index < -0.39 is 0 Å². The van der Waals surface area contributed by atoms with E-state index in [9.17, 15) is 4.79 Å². The zero-order valence-corrected chi connectivity index (χ0v) is 16.9. The standard InChI is InChI=1S/C25H22O5/c1-3-28-20-10-4-17(5-11-20)14-24-25(26)22-13-12-21(15-23(22)30-24)29-16-18-6-8-19(27-2)9-7-18/h4-15H,3,16H2,1-2H3. The van der Waals surface area contributed by atoms with Crippen molar-refractivity contribution in [2.24, 2.45) is 0 Å². The van der Waals surface area contributed by atoms with Crippen LogP contribution in [0.4, 0.5) is 0 Å². The Morgan fingerprint density at radius 1 is 0.867 bits per heavy atom. The van der Waals surface area contributed by atoms with E-state index in [1.165, 1.54) is 0 Å². The molecule has 0 saturated heterocycles. The summed E-state index contributed by atoms with van der Waals surface area (Å²) >= 11 is 0. The van der Waals surface area contributed by atoms with Gasteiger partial charge in [-0.25, -0.2) is 0 Å². The first-order chi connectivity index (χ1) is 14.7. The van der Waals surface area contributed by atoms with Crippen LogP contribution >= 0.6 is 0 Å². The van der Waals surface area contributed by atoms with E-state index in [4.69, 9.17) is 18.9 Å². The van der Waals surface area contributed by atoms with Crippen molar-refractivity contribution in [2.75, 3.05) is 13.7 Å². The summed E-state index contributed by atoms with van der Waals surface area (Å²) in [6.07, 6.45) is 1.73. The van der Waals surface area contributed by atoms with Gasteiger partial charge in [0.15, 0.2) is 5.76 Å². The summed E-state index contributed by atoms with van der Waals surface area (Å²) in [5.41, 5.74) is 2.42. The van der Waals surface area contributed by atoms with Crippen LogP contribution in [0.3, 0.4) is 0 Å². The minimum atomic E-state index is -0.138. The van der Waals surface area contributed by atoms with Crippen molar-refractivity contribution in [3.63, 3.8) is 0 Å². The number of ketones is 1. The Morgan fingerprint density at radius 3 is 2.27 bits per heavy atom. The summed E-state index contributed by atoms with van der Waals surface area (Å²) < 4.78 is 22.3. The summed E-state index contributed by atoms with van der Waals surface area (Å²) in [5, 5.41) is 0. The molecular weight excluding hydrogens is 380 g/mol. The van der Waals surface area contributed by atoms with Crippen molar-refractivity contribution in [1.82, 2.24) is 0 Å². The maximum absolute atomic E-state index is 12.7. The van der Waals surface area contributed by atoms with Crippen molar-refractivity contribution in [3.8, 4) is 23.0 Å². The first-order valence-corrected chi connectivity index (χ1v) is 9.73. The fraction of sp³-hybridized carbons (Fsp3) is 0.160. The van der Waals surface area contributed by atoms with Gasteiger partial charge in [0.25, 0.3) is 0 Å². The van der Waals surface area contributed by atoms with Crippen molar-refractivity contribution in [3.05, 3.63) is 89.2 Å². The van der Waals surface area contributed by atoms with Crippen LogP contribution in [0, 0.1) is 0 Å². The summed E-state index contributed by atoms with van der Waals surface area (Å²) in [6, 6.07) is 20.5. The summed E-state index contributed by atoms with van der Waals surface area (Å²) in [4.78, 5) is 12.7. The highest BCUT2D eigenvalue weighted by Crippen LogP contribution is 2.35. The molecule has 0 aliphatic carbocycles. The molecule has 152 valence electrons. The lowest BCUT2D eigenvalue weighted by molar-refractivity contribution is 0.101. The fourth-order valence-electron chi connectivity index (χ4n) is 3.12. The van der Waals surface area contributed by atoms with Gasteiger partial charge in [0, 0.05) is 6.07 Å². The van der Waals surface area contributed by atoms with E-state index in [0.717, 1.165) is 22.6 Å². The molecule has 0 atom stereocenters. The number of hydrogen-bond donors (Lipinski definition) is 0. The molecule has 0 radical (unpaired) electrons. The lowest BCUT2D eigenvalue weighted by Gasteiger charge is -2.08. The smallest absolute Gasteiger partial charge is 0.231 e. The van der Waals surface area contributed by atoms with Crippen LogP contribution < -0.4 is 18.9 Å². The number of rotatable bonds is 7. The topological polar surface area (TPSA) is 54.0 Å². The molecule has 0 bridgehead atoms. The number of carbonyl (C=O) groups is 1. The SMILES string of the molecule is CCOc1ccc(C=C2Oc3cc(OCc4ccc(OC)cc4)ccc3C2=O)cc1. The first-order valence-electron chi connectivity index (χ1n) is 9.73. The molecule has 0 unspecified atom stereocenters. The van der Waals surface area contributed by atoms with E-state index in [-0.39, 0.29) is 5.78 Å². The number of carbonyl (C=O) groups excluding carboxylic acids is 1. The van der Waals surface area contributed by atoms with Crippen LogP contribution in [0.2, 0.25) is 0 Å². The molecule has 30 heavy (non-hydrogen) atoms. The van der Waals surface area contributed by atoms with Gasteiger partial charge >= 0.3 is 0 Å². The first kappa shape index (κ1) is 19.6. The van der Waals surface area contributed by atoms with Crippen molar-refractivity contribution in [1.29, 1.82) is 0 Å². The molecule has 0 saturated carbocycles. The summed E-state index contributed by atoms with van der Waals surface area (Å²) in [5.74, 6) is 2.89. The molecule has 3 aromatic rings. The Labute approximate surface area is 175 Å². The Kier molecular flexibility index (Phi) is 5.70. The van der Waals surface area contributed by atoms with Gasteiger partial charge in [-0.15, -0.1) is 0 Å². The monoisotopic (exact) mass is 402 g/mol. The van der Waals surface area contributed by atoms with E-state index in [0.29, 0.717) is 36.0 Å². The molecule has 0 N–H and O–H groups in total. The number of benzene rings is 3. The highest BCUT2D eigenvalue weighted by atomic mass is 16.5. The molecule has 4 rings (SSSR count). The molecule has 1 aliphatic heterocycles. The molecule has 0 spiro atoms. The van der Waals surface area contributed by atoms with Crippen LogP contribution in [0.25, 0.3) is 6.08 Å². The van der Waals surface area contributed by atoms with Crippen LogP contribution in [-0.4, -0.2) is 19.5 Å². The number of hydrogen-bond acceptors (Lipinski definition) is 5. The minimum absolute atomic E-state index is 0.138. The van der Waals surface area contributed by atoms with Crippen LogP contribution in [-0.2, 0) is 6.61 Å². The summed E-state index contributed by atoms with van der Waals surface area (Å²) in [7, 11) is 1.63. The number of Topliss-reactive ketones (excluding diaryl/α,β-unsaturated/α-hetero) is 1. The number of methoxy groups -OCH3 is 1. The average molecular weight is 402 g/mol. The number of allylic oxidation sites excluding steroid dienone is 1. The average Bonchev–Trinajstić information content (AvgIpc) is 3.09. The molecule has 0 fully saturated rings. The maximum Gasteiger partial charge on any atom is 0.231 e. The van der Waals surface area contributed by atoms with Crippen molar-refractivity contribution < 1.29 is 23.7 Å². The molecule has 0 aromatic heterocycles. The third kappa shape index (κ3) is 4.30. The van der Waals surface area contributed by atoms with Gasteiger partial charge in [-0.1, -0.05) is 24.3 Å². The summed E-state index contributed by atoms with van der Waals surface area (Å²) in [6.45, 7) is 2.96. The van der Waals surface area contributed by atoms with Crippen molar-refractivity contribution >= 4 is 11.9 Å². The van der Waals surface area contributed by atoms with E-state index in [1.54, 1.807) is 31.4 Å². The van der Waals surface area contributed by atoms with Gasteiger partial charge in [-0.2, -0.15) is 0 Å². The quantitative estimate of drug-likeness (QED) is 0.503. The van der Waals surface area contributed by atoms with Gasteiger partial charge in [0.2, 0.25) is 5.78 Å². The highest BCUT2D eigenvalue weighted by molar-refractivity contribution is 6.14. The van der Waals surface area contributed by atoms with Gasteiger partial charge < -0.3 is 18.9 Å². The second-order valence-electron chi connectivity index (χ2n) is 6.74. The van der Waals surface area contributed by atoms with Gasteiger partial charge in [-0.3, -0.25) is 4.79 Å². The van der Waals surface area contributed by atoms with Crippen LogP contribution in [0.15, 0.2) is 72.5 Å². The molecule has 1 aliphatic rings. The van der Waals surface area contributed by atoms with E-state index in [1.807, 2.05) is 55.5 Å². The Balaban J connectivity index is 1.45. The third-order valence-electron chi connectivity index (χ3n) is 4.69. The molecule has 0 amide bonds. The zero-order chi connectivity index (χ0) is 20.9. The van der Waals surface area contributed by atoms with E-state index in [2.05, 4.69) is 0 Å². The largest absolute Gasteiger partial charge is 0.497 e. The molecule has 5 nitrogen and oxygen atoms in total. The van der Waals surface area contributed by atoms with Crippen LogP contribution in [0.1, 0.15) is 28.4 Å². The maximum atomic E-state index is 12.7. The predicted octanol–water partition coefficient (Wildman–Crippen LogP) is 5.29. The second kappa shape index (κ2) is 8.74. The molecular formula is C25H22O5. The molecule has 1 heterocycles. The normalized spacial score (nSPS) is 13.7. The lowest BCUT2D eigenvalue weighted by atomic mass is 10.1. The van der Waals surface area contributed by atoms with Gasteiger partial charge in [0.1, 0.15) is 29.6 Å². The third-order valence-corrected chi connectivity index (χ3v) is 4.69. The number of ether oxygens (including phenoxy) is 4. The van der Waals surface area contributed by atoms with Crippen molar-refractivity contribution in [2.45, 2.75) is 13.5 Å². The lowest BCUT2D eigenvalue weighted by Crippen LogP contribution is -1.98. The second-order valence-corrected chi connectivity index (χ2v) is 6.74. The Hall–Kier alpha value is -3.73. The number of fused-ring (bicyclic) bond motifs is 1. The van der Waals surface area contributed by atoms with Crippen LogP contribution in [0.5, 0.6) is 23.0 Å².